The molecule has 0 aromatic heterocycles. The Morgan fingerprint density at radius 2 is 2.11 bits per heavy atom. The van der Waals surface area contributed by atoms with Crippen LogP contribution in [0.3, 0.4) is 0 Å². The number of para-hydroxylation sites is 1. The number of fused-ring (bicyclic) bond motifs is 1. The van der Waals surface area contributed by atoms with Crippen molar-refractivity contribution in [1.29, 1.82) is 0 Å². The molecule has 1 aliphatic rings. The van der Waals surface area contributed by atoms with Crippen LogP contribution in [-0.4, -0.2) is 6.61 Å². The monoisotopic (exact) mass is 337 g/mol. The van der Waals surface area contributed by atoms with E-state index in [0.29, 0.717) is 6.61 Å². The molecule has 19 heavy (non-hydrogen) atoms. The smallest absolute Gasteiger partial charge is 0.124 e. The SMILES string of the molecule is Clc1ccc(CNC2COc3ccccc32)cc1Br. The first-order valence-electron chi connectivity index (χ1n) is 6.13. The lowest BCUT2D eigenvalue weighted by molar-refractivity contribution is 0.310. The van der Waals surface area contributed by atoms with Crippen molar-refractivity contribution in [2.24, 2.45) is 0 Å². The van der Waals surface area contributed by atoms with E-state index in [4.69, 9.17) is 16.3 Å². The third-order valence-corrected chi connectivity index (χ3v) is 4.45. The predicted octanol–water partition coefficient (Wildman–Crippen LogP) is 4.33. The zero-order chi connectivity index (χ0) is 13.2. The van der Waals surface area contributed by atoms with E-state index >= 15 is 0 Å². The lowest BCUT2D eigenvalue weighted by Gasteiger charge is -2.12. The largest absolute Gasteiger partial charge is 0.491 e. The number of rotatable bonds is 3. The fourth-order valence-electron chi connectivity index (χ4n) is 2.22. The van der Waals surface area contributed by atoms with Gasteiger partial charge in [0.1, 0.15) is 12.4 Å². The molecular weight excluding hydrogens is 326 g/mol. The Kier molecular flexibility index (Phi) is 3.78. The van der Waals surface area contributed by atoms with Gasteiger partial charge in [-0.3, -0.25) is 0 Å². The van der Waals surface area contributed by atoms with Crippen molar-refractivity contribution in [1.82, 2.24) is 5.32 Å². The van der Waals surface area contributed by atoms with Crippen LogP contribution in [0, 0.1) is 0 Å². The van der Waals surface area contributed by atoms with Gasteiger partial charge >= 0.3 is 0 Å². The molecule has 0 bridgehead atoms. The molecule has 1 unspecified atom stereocenters. The molecule has 1 atom stereocenters. The highest BCUT2D eigenvalue weighted by Crippen LogP contribution is 2.32. The van der Waals surface area contributed by atoms with Crippen LogP contribution in [0.4, 0.5) is 0 Å². The highest BCUT2D eigenvalue weighted by molar-refractivity contribution is 9.10. The maximum atomic E-state index is 5.99. The first-order valence-corrected chi connectivity index (χ1v) is 7.30. The fourth-order valence-corrected chi connectivity index (χ4v) is 2.77. The van der Waals surface area contributed by atoms with Gasteiger partial charge < -0.3 is 10.1 Å². The molecule has 1 N–H and O–H groups in total. The maximum Gasteiger partial charge on any atom is 0.124 e. The standard InChI is InChI=1S/C15H13BrClNO/c16-12-7-10(5-6-13(12)17)8-18-14-9-19-15-4-2-1-3-11(14)15/h1-7,14,18H,8-9H2. The highest BCUT2D eigenvalue weighted by atomic mass is 79.9. The summed E-state index contributed by atoms with van der Waals surface area (Å²) in [5.74, 6) is 0.984. The molecule has 0 aliphatic carbocycles. The molecule has 0 saturated carbocycles. The second-order valence-electron chi connectivity index (χ2n) is 4.53. The molecular formula is C15H13BrClNO. The second kappa shape index (κ2) is 5.53. The zero-order valence-corrected chi connectivity index (χ0v) is 12.5. The molecule has 0 amide bonds. The van der Waals surface area contributed by atoms with Crippen molar-refractivity contribution in [3.8, 4) is 5.75 Å². The van der Waals surface area contributed by atoms with E-state index < -0.39 is 0 Å². The third-order valence-electron chi connectivity index (χ3n) is 3.24. The van der Waals surface area contributed by atoms with Crippen LogP contribution in [0.25, 0.3) is 0 Å². The fraction of sp³-hybridized carbons (Fsp3) is 0.200. The van der Waals surface area contributed by atoms with Crippen LogP contribution in [0.15, 0.2) is 46.9 Å². The van der Waals surface area contributed by atoms with Gasteiger partial charge in [0.2, 0.25) is 0 Å². The van der Waals surface area contributed by atoms with Gasteiger partial charge in [-0.2, -0.15) is 0 Å². The number of nitrogens with one attached hydrogen (secondary N) is 1. The Hall–Kier alpha value is -1.03. The van der Waals surface area contributed by atoms with Crippen molar-refractivity contribution in [2.75, 3.05) is 6.61 Å². The number of benzene rings is 2. The number of hydrogen-bond acceptors (Lipinski definition) is 2. The van der Waals surface area contributed by atoms with Crippen molar-refractivity contribution < 1.29 is 4.74 Å². The van der Waals surface area contributed by atoms with Crippen LogP contribution < -0.4 is 10.1 Å². The molecule has 0 fully saturated rings. The molecule has 2 aromatic carbocycles. The first-order chi connectivity index (χ1) is 9.24. The summed E-state index contributed by atoms with van der Waals surface area (Å²) in [5.41, 5.74) is 2.43. The molecule has 0 radical (unpaired) electrons. The van der Waals surface area contributed by atoms with Gasteiger partial charge in [-0.05, 0) is 39.7 Å². The lowest BCUT2D eigenvalue weighted by atomic mass is 10.1. The summed E-state index contributed by atoms with van der Waals surface area (Å²) in [6.07, 6.45) is 0. The molecule has 1 heterocycles. The summed E-state index contributed by atoms with van der Waals surface area (Å²) in [4.78, 5) is 0. The Balaban J connectivity index is 1.69. The average molecular weight is 339 g/mol. The molecule has 98 valence electrons. The van der Waals surface area contributed by atoms with Gasteiger partial charge in [-0.15, -0.1) is 0 Å². The molecule has 1 aliphatic heterocycles. The van der Waals surface area contributed by atoms with Crippen molar-refractivity contribution in [2.45, 2.75) is 12.6 Å². The summed E-state index contributed by atoms with van der Waals surface area (Å²) in [5, 5.41) is 4.25. The Labute approximate surface area is 125 Å². The Morgan fingerprint density at radius 3 is 2.95 bits per heavy atom. The van der Waals surface area contributed by atoms with Gasteiger partial charge in [-0.25, -0.2) is 0 Å². The van der Waals surface area contributed by atoms with E-state index in [1.54, 1.807) is 0 Å². The molecule has 4 heteroatoms. The van der Waals surface area contributed by atoms with Crippen LogP contribution >= 0.6 is 27.5 Å². The topological polar surface area (TPSA) is 21.3 Å². The normalized spacial score (nSPS) is 17.1. The summed E-state index contributed by atoms with van der Waals surface area (Å²) in [7, 11) is 0. The van der Waals surface area contributed by atoms with Crippen molar-refractivity contribution >= 4 is 27.5 Å². The van der Waals surface area contributed by atoms with E-state index in [0.717, 1.165) is 21.8 Å². The summed E-state index contributed by atoms with van der Waals surface area (Å²) in [6.45, 7) is 1.48. The predicted molar refractivity (Wildman–Crippen MR) is 80.7 cm³/mol. The van der Waals surface area contributed by atoms with E-state index in [-0.39, 0.29) is 6.04 Å². The van der Waals surface area contributed by atoms with Gasteiger partial charge in [0, 0.05) is 16.6 Å². The van der Waals surface area contributed by atoms with Gasteiger partial charge in [0.25, 0.3) is 0 Å². The van der Waals surface area contributed by atoms with Gasteiger partial charge in [-0.1, -0.05) is 35.9 Å². The quantitative estimate of drug-likeness (QED) is 0.899. The lowest BCUT2D eigenvalue weighted by Crippen LogP contribution is -2.21. The summed E-state index contributed by atoms with van der Waals surface area (Å²) >= 11 is 9.43. The minimum absolute atomic E-state index is 0.255. The van der Waals surface area contributed by atoms with Crippen molar-refractivity contribution in [3.63, 3.8) is 0 Å². The van der Waals surface area contributed by atoms with E-state index in [2.05, 4.69) is 27.3 Å². The average Bonchev–Trinajstić information content (AvgIpc) is 2.83. The minimum atomic E-state index is 0.255. The van der Waals surface area contributed by atoms with Gasteiger partial charge in [0.05, 0.1) is 11.1 Å². The molecule has 2 nitrogen and oxygen atoms in total. The second-order valence-corrected chi connectivity index (χ2v) is 5.79. The number of hydrogen-bond donors (Lipinski definition) is 1. The minimum Gasteiger partial charge on any atom is -0.491 e. The van der Waals surface area contributed by atoms with E-state index in [9.17, 15) is 0 Å². The maximum absolute atomic E-state index is 5.99. The zero-order valence-electron chi connectivity index (χ0n) is 10.2. The highest BCUT2D eigenvalue weighted by Gasteiger charge is 2.22. The van der Waals surface area contributed by atoms with Crippen molar-refractivity contribution in [3.05, 3.63) is 63.1 Å². The Morgan fingerprint density at radius 1 is 1.26 bits per heavy atom. The summed E-state index contributed by atoms with van der Waals surface area (Å²) < 4.78 is 6.58. The van der Waals surface area contributed by atoms with E-state index in [1.807, 2.05) is 36.4 Å². The van der Waals surface area contributed by atoms with Crippen LogP contribution in [0.1, 0.15) is 17.2 Å². The summed E-state index contributed by atoms with van der Waals surface area (Å²) in [6, 6.07) is 14.4. The Bertz CT molecular complexity index is 602. The molecule has 3 rings (SSSR count). The van der Waals surface area contributed by atoms with Crippen LogP contribution in [0.5, 0.6) is 5.75 Å². The molecule has 2 aromatic rings. The number of ether oxygens (including phenoxy) is 1. The molecule has 0 saturated heterocycles. The number of halogens is 2. The van der Waals surface area contributed by atoms with Crippen LogP contribution in [0.2, 0.25) is 5.02 Å². The first kappa shape index (κ1) is 13.0. The van der Waals surface area contributed by atoms with E-state index in [1.165, 1.54) is 11.1 Å². The van der Waals surface area contributed by atoms with Crippen LogP contribution in [-0.2, 0) is 6.54 Å². The van der Waals surface area contributed by atoms with Gasteiger partial charge in [0.15, 0.2) is 0 Å². The molecule has 0 spiro atoms. The third kappa shape index (κ3) is 2.78.